The fourth-order valence-corrected chi connectivity index (χ4v) is 1.67. The highest BCUT2D eigenvalue weighted by Gasteiger charge is 2.37. The van der Waals surface area contributed by atoms with E-state index in [0.717, 1.165) is 0 Å². The predicted octanol–water partition coefficient (Wildman–Crippen LogP) is 1.77. The van der Waals surface area contributed by atoms with Gasteiger partial charge in [0.15, 0.2) is 0 Å². The number of ether oxygens (including phenoxy) is 1. The van der Waals surface area contributed by atoms with E-state index in [-0.39, 0.29) is 18.1 Å². The summed E-state index contributed by atoms with van der Waals surface area (Å²) in [6, 6.07) is 0. The molecule has 0 amide bonds. The lowest BCUT2D eigenvalue weighted by Crippen LogP contribution is -2.46. The van der Waals surface area contributed by atoms with Crippen LogP contribution in [-0.4, -0.2) is 31.2 Å². The molecule has 0 radical (unpaired) electrons. The van der Waals surface area contributed by atoms with E-state index in [4.69, 9.17) is 4.74 Å². The van der Waals surface area contributed by atoms with Gasteiger partial charge < -0.3 is 9.57 Å². The van der Waals surface area contributed by atoms with Gasteiger partial charge in [-0.3, -0.25) is 0 Å². The summed E-state index contributed by atoms with van der Waals surface area (Å²) in [6.45, 7) is 5.40. The van der Waals surface area contributed by atoms with Gasteiger partial charge in [-0.05, 0) is 13.8 Å². The summed E-state index contributed by atoms with van der Waals surface area (Å²) in [5.41, 5.74) is 0.646. The molecule has 0 aromatic carbocycles. The van der Waals surface area contributed by atoms with Gasteiger partial charge in [-0.15, -0.1) is 0 Å². The quantitative estimate of drug-likeness (QED) is 0.588. The first kappa shape index (κ1) is 10.4. The zero-order valence-electron chi connectivity index (χ0n) is 8.45. The minimum atomic E-state index is -0.995. The molecule has 0 aromatic heterocycles. The Balaban J connectivity index is 2.79. The maximum atomic E-state index is 13.5. The SMILES string of the molecule is CO/N=C1\C(C)OC(C)C(F)C1C. The van der Waals surface area contributed by atoms with Gasteiger partial charge in [0.2, 0.25) is 0 Å². The van der Waals surface area contributed by atoms with Gasteiger partial charge in [-0.1, -0.05) is 12.1 Å². The number of oxime groups is 1. The summed E-state index contributed by atoms with van der Waals surface area (Å²) in [7, 11) is 1.46. The first-order valence-corrected chi connectivity index (χ1v) is 4.48. The molecule has 3 nitrogen and oxygen atoms in total. The molecule has 1 heterocycles. The Morgan fingerprint density at radius 1 is 1.38 bits per heavy atom. The molecule has 0 aromatic rings. The fourth-order valence-electron chi connectivity index (χ4n) is 1.67. The highest BCUT2D eigenvalue weighted by molar-refractivity contribution is 5.91. The van der Waals surface area contributed by atoms with Crippen molar-refractivity contribution in [2.45, 2.75) is 39.2 Å². The zero-order chi connectivity index (χ0) is 10.0. The minimum absolute atomic E-state index is 0.156. The van der Waals surface area contributed by atoms with Crippen LogP contribution in [0.3, 0.4) is 0 Å². The number of alkyl halides is 1. The number of halogens is 1. The summed E-state index contributed by atoms with van der Waals surface area (Å²) in [5, 5.41) is 3.78. The van der Waals surface area contributed by atoms with Crippen molar-refractivity contribution in [3.05, 3.63) is 0 Å². The van der Waals surface area contributed by atoms with Gasteiger partial charge in [0.25, 0.3) is 0 Å². The Kier molecular flexibility index (Phi) is 3.25. The molecular weight excluding hydrogens is 173 g/mol. The molecule has 0 aliphatic carbocycles. The molecule has 0 N–H and O–H groups in total. The summed E-state index contributed by atoms with van der Waals surface area (Å²) < 4.78 is 18.8. The van der Waals surface area contributed by atoms with Crippen LogP contribution in [0.1, 0.15) is 20.8 Å². The Hall–Kier alpha value is -0.640. The van der Waals surface area contributed by atoms with Crippen molar-refractivity contribution in [2.24, 2.45) is 11.1 Å². The van der Waals surface area contributed by atoms with Crippen LogP contribution in [0.15, 0.2) is 5.16 Å². The van der Waals surface area contributed by atoms with Crippen molar-refractivity contribution in [1.29, 1.82) is 0 Å². The Labute approximate surface area is 77.9 Å². The largest absolute Gasteiger partial charge is 0.399 e. The summed E-state index contributed by atoms with van der Waals surface area (Å²) >= 11 is 0. The molecule has 4 heteroatoms. The highest BCUT2D eigenvalue weighted by atomic mass is 19.1. The van der Waals surface area contributed by atoms with Crippen molar-refractivity contribution >= 4 is 5.71 Å². The van der Waals surface area contributed by atoms with E-state index >= 15 is 0 Å². The van der Waals surface area contributed by atoms with E-state index in [2.05, 4.69) is 9.99 Å². The number of nitrogens with zero attached hydrogens (tertiary/aromatic N) is 1. The molecule has 4 unspecified atom stereocenters. The molecule has 1 aliphatic heterocycles. The second kappa shape index (κ2) is 4.05. The molecule has 1 aliphatic rings. The summed E-state index contributed by atoms with van der Waals surface area (Å²) in [4.78, 5) is 4.65. The van der Waals surface area contributed by atoms with E-state index in [0.29, 0.717) is 5.71 Å². The van der Waals surface area contributed by atoms with Crippen LogP contribution in [0.25, 0.3) is 0 Å². The van der Waals surface area contributed by atoms with Crippen molar-refractivity contribution < 1.29 is 14.0 Å². The average molecular weight is 189 g/mol. The second-order valence-corrected chi connectivity index (χ2v) is 3.42. The molecule has 4 atom stereocenters. The third kappa shape index (κ3) is 1.99. The lowest BCUT2D eigenvalue weighted by atomic mass is 9.90. The van der Waals surface area contributed by atoms with Crippen LogP contribution in [0.2, 0.25) is 0 Å². The maximum absolute atomic E-state index is 13.5. The van der Waals surface area contributed by atoms with Crippen molar-refractivity contribution in [3.63, 3.8) is 0 Å². The lowest BCUT2D eigenvalue weighted by molar-refractivity contribution is -0.0410. The maximum Gasteiger partial charge on any atom is 0.134 e. The zero-order valence-corrected chi connectivity index (χ0v) is 8.45. The highest BCUT2D eigenvalue weighted by Crippen LogP contribution is 2.25. The average Bonchev–Trinajstić information content (AvgIpc) is 2.09. The van der Waals surface area contributed by atoms with Crippen LogP contribution in [0.4, 0.5) is 4.39 Å². The van der Waals surface area contributed by atoms with Gasteiger partial charge in [0.05, 0.1) is 17.9 Å². The summed E-state index contributed by atoms with van der Waals surface area (Å²) in [6.07, 6.45) is -1.51. The molecule has 1 saturated heterocycles. The topological polar surface area (TPSA) is 30.8 Å². The molecule has 0 saturated carbocycles. The van der Waals surface area contributed by atoms with Gasteiger partial charge >= 0.3 is 0 Å². The van der Waals surface area contributed by atoms with E-state index in [1.165, 1.54) is 7.11 Å². The second-order valence-electron chi connectivity index (χ2n) is 3.42. The van der Waals surface area contributed by atoms with Gasteiger partial charge in [-0.2, -0.15) is 0 Å². The molecule has 13 heavy (non-hydrogen) atoms. The first-order valence-electron chi connectivity index (χ1n) is 4.48. The van der Waals surface area contributed by atoms with Gasteiger partial charge in [-0.25, -0.2) is 4.39 Å². The summed E-state index contributed by atoms with van der Waals surface area (Å²) in [5.74, 6) is -0.223. The van der Waals surface area contributed by atoms with Crippen molar-refractivity contribution in [3.8, 4) is 0 Å². The lowest BCUT2D eigenvalue weighted by Gasteiger charge is -2.34. The van der Waals surface area contributed by atoms with Gasteiger partial charge in [0.1, 0.15) is 13.3 Å². The van der Waals surface area contributed by atoms with Crippen LogP contribution in [0, 0.1) is 5.92 Å². The minimum Gasteiger partial charge on any atom is -0.399 e. The van der Waals surface area contributed by atoms with E-state index in [1.807, 2.05) is 6.92 Å². The molecule has 0 bridgehead atoms. The van der Waals surface area contributed by atoms with Crippen LogP contribution in [-0.2, 0) is 9.57 Å². The van der Waals surface area contributed by atoms with Crippen LogP contribution < -0.4 is 0 Å². The van der Waals surface area contributed by atoms with E-state index in [9.17, 15) is 4.39 Å². The Morgan fingerprint density at radius 2 is 2.00 bits per heavy atom. The number of rotatable bonds is 1. The predicted molar refractivity (Wildman–Crippen MR) is 48.5 cm³/mol. The smallest absolute Gasteiger partial charge is 0.134 e. The molecule has 1 fully saturated rings. The third-order valence-electron chi connectivity index (χ3n) is 2.42. The fraction of sp³-hybridized carbons (Fsp3) is 0.889. The third-order valence-corrected chi connectivity index (χ3v) is 2.42. The van der Waals surface area contributed by atoms with Crippen molar-refractivity contribution in [2.75, 3.05) is 7.11 Å². The van der Waals surface area contributed by atoms with E-state index in [1.54, 1.807) is 13.8 Å². The first-order chi connectivity index (χ1) is 6.07. The number of hydrogen-bond donors (Lipinski definition) is 0. The molecular formula is C9H16FNO2. The van der Waals surface area contributed by atoms with E-state index < -0.39 is 6.17 Å². The van der Waals surface area contributed by atoms with Crippen molar-refractivity contribution in [1.82, 2.24) is 0 Å². The standard InChI is InChI=1S/C9H16FNO2/c1-5-8(10)6(2)13-7(3)9(5)11-12-4/h5-8H,1-4H3/b11-9-. The number of hydrogen-bond acceptors (Lipinski definition) is 3. The Morgan fingerprint density at radius 3 is 2.54 bits per heavy atom. The Bertz CT molecular complexity index is 208. The molecule has 76 valence electrons. The van der Waals surface area contributed by atoms with Crippen LogP contribution in [0.5, 0.6) is 0 Å². The van der Waals surface area contributed by atoms with Gasteiger partial charge in [0, 0.05) is 5.92 Å². The van der Waals surface area contributed by atoms with Crippen LogP contribution >= 0.6 is 0 Å². The monoisotopic (exact) mass is 189 g/mol. The normalized spacial score (nSPS) is 43.6. The molecule has 0 spiro atoms. The molecule has 1 rings (SSSR count).